The fourth-order valence-corrected chi connectivity index (χ4v) is 3.50. The molecule has 1 N–H and O–H groups in total. The molecule has 1 aliphatic heterocycles. The van der Waals surface area contributed by atoms with Gasteiger partial charge in [-0.2, -0.15) is 0 Å². The maximum absolute atomic E-state index is 12.8. The van der Waals surface area contributed by atoms with Crippen LogP contribution in [-0.4, -0.2) is 43.6 Å². The van der Waals surface area contributed by atoms with Crippen molar-refractivity contribution in [2.45, 2.75) is 25.7 Å². The predicted octanol–water partition coefficient (Wildman–Crippen LogP) is 2.76. The molecule has 2 aromatic heterocycles. The van der Waals surface area contributed by atoms with Crippen LogP contribution in [0.1, 0.15) is 40.5 Å². The minimum absolute atomic E-state index is 0.0417. The number of nitrogens with zero attached hydrogens (tertiary/aromatic N) is 4. The lowest BCUT2D eigenvalue weighted by molar-refractivity contribution is 0.0701. The number of likely N-dealkylation sites (tertiary alicyclic amines) is 1. The lowest BCUT2D eigenvalue weighted by Gasteiger charge is -2.32. The Morgan fingerprint density at radius 3 is 2.96 bits per heavy atom. The van der Waals surface area contributed by atoms with Gasteiger partial charge in [-0.3, -0.25) is 9.20 Å². The molecule has 25 heavy (non-hydrogen) atoms. The molecule has 1 atom stereocenters. The highest BCUT2D eigenvalue weighted by atomic mass is 16.3. The van der Waals surface area contributed by atoms with Crippen LogP contribution in [0.5, 0.6) is 5.75 Å². The first kappa shape index (κ1) is 15.6. The van der Waals surface area contributed by atoms with Gasteiger partial charge in [0.2, 0.25) is 0 Å². The Morgan fingerprint density at radius 2 is 2.12 bits per heavy atom. The van der Waals surface area contributed by atoms with Crippen molar-refractivity contribution in [2.75, 3.05) is 13.1 Å². The van der Waals surface area contributed by atoms with Crippen LogP contribution in [0, 0.1) is 6.92 Å². The van der Waals surface area contributed by atoms with Gasteiger partial charge in [-0.1, -0.05) is 12.1 Å². The van der Waals surface area contributed by atoms with Crippen molar-refractivity contribution in [3.8, 4) is 5.75 Å². The zero-order chi connectivity index (χ0) is 17.4. The quantitative estimate of drug-likeness (QED) is 0.781. The molecule has 3 heterocycles. The molecule has 6 heteroatoms. The number of carbonyl (C=O) groups is 1. The first-order valence-corrected chi connectivity index (χ1v) is 8.52. The summed E-state index contributed by atoms with van der Waals surface area (Å²) in [5.74, 6) is 0.944. The summed E-state index contributed by atoms with van der Waals surface area (Å²) < 4.78 is 1.99. The van der Waals surface area contributed by atoms with Crippen LogP contribution in [0.3, 0.4) is 0 Å². The molecule has 1 fully saturated rings. The van der Waals surface area contributed by atoms with Crippen molar-refractivity contribution in [1.82, 2.24) is 19.5 Å². The number of benzene rings is 1. The summed E-state index contributed by atoms with van der Waals surface area (Å²) in [6, 6.07) is 11.0. The van der Waals surface area contributed by atoms with E-state index in [1.165, 1.54) is 0 Å². The zero-order valence-electron chi connectivity index (χ0n) is 14.1. The Bertz CT molecular complexity index is 934. The second-order valence-electron chi connectivity index (χ2n) is 6.60. The highest BCUT2D eigenvalue weighted by molar-refractivity contribution is 5.97. The molecule has 0 aliphatic carbocycles. The number of fused-ring (bicyclic) bond motifs is 1. The lowest BCUT2D eigenvalue weighted by atomic mass is 9.96. The highest BCUT2D eigenvalue weighted by Gasteiger charge is 2.29. The van der Waals surface area contributed by atoms with Crippen LogP contribution in [0.15, 0.2) is 42.6 Å². The molecule has 1 saturated heterocycles. The summed E-state index contributed by atoms with van der Waals surface area (Å²) in [5, 5.41) is 18.7. The van der Waals surface area contributed by atoms with Gasteiger partial charge in [-0.25, -0.2) is 0 Å². The zero-order valence-corrected chi connectivity index (χ0v) is 14.1. The molecule has 1 unspecified atom stereocenters. The molecule has 6 nitrogen and oxygen atoms in total. The molecule has 0 bridgehead atoms. The SMILES string of the molecule is Cc1ccc(C(=O)N2CCCC(c3nnc4ccccn34)C2)c(O)c1. The number of phenolic OH excluding ortho intramolecular Hbond substituents is 1. The minimum Gasteiger partial charge on any atom is -0.507 e. The number of pyridine rings is 1. The van der Waals surface area contributed by atoms with Crippen LogP contribution in [0.25, 0.3) is 5.65 Å². The van der Waals surface area contributed by atoms with Gasteiger partial charge in [-0.15, -0.1) is 10.2 Å². The van der Waals surface area contributed by atoms with Crippen molar-refractivity contribution in [1.29, 1.82) is 0 Å². The third-order valence-corrected chi connectivity index (χ3v) is 4.80. The molecule has 1 amide bonds. The number of piperidine rings is 1. The molecule has 4 rings (SSSR count). The summed E-state index contributed by atoms with van der Waals surface area (Å²) in [6.07, 6.45) is 3.83. The molecule has 0 spiro atoms. The first-order valence-electron chi connectivity index (χ1n) is 8.52. The van der Waals surface area contributed by atoms with Gasteiger partial charge in [0, 0.05) is 25.2 Å². The van der Waals surface area contributed by atoms with Gasteiger partial charge >= 0.3 is 0 Å². The van der Waals surface area contributed by atoms with Crippen molar-refractivity contribution in [3.05, 3.63) is 59.5 Å². The smallest absolute Gasteiger partial charge is 0.257 e. The van der Waals surface area contributed by atoms with E-state index < -0.39 is 0 Å². The Kier molecular flexibility index (Phi) is 3.87. The fourth-order valence-electron chi connectivity index (χ4n) is 3.50. The van der Waals surface area contributed by atoms with Gasteiger partial charge in [0.05, 0.1) is 5.56 Å². The lowest BCUT2D eigenvalue weighted by Crippen LogP contribution is -2.39. The van der Waals surface area contributed by atoms with Crippen molar-refractivity contribution >= 4 is 11.6 Å². The molecular formula is C19H20N4O2. The average molecular weight is 336 g/mol. The van der Waals surface area contributed by atoms with Crippen molar-refractivity contribution < 1.29 is 9.90 Å². The largest absolute Gasteiger partial charge is 0.507 e. The molecule has 3 aromatic rings. The maximum Gasteiger partial charge on any atom is 0.257 e. The van der Waals surface area contributed by atoms with E-state index in [1.54, 1.807) is 12.1 Å². The number of phenols is 1. The first-order chi connectivity index (χ1) is 12.1. The predicted molar refractivity (Wildman–Crippen MR) is 93.7 cm³/mol. The second-order valence-corrected chi connectivity index (χ2v) is 6.60. The minimum atomic E-state index is -0.129. The number of rotatable bonds is 2. The van der Waals surface area contributed by atoms with Gasteiger partial charge in [0.1, 0.15) is 11.6 Å². The summed E-state index contributed by atoms with van der Waals surface area (Å²) in [6.45, 7) is 3.17. The topological polar surface area (TPSA) is 70.7 Å². The van der Waals surface area contributed by atoms with Gasteiger partial charge < -0.3 is 10.0 Å². The van der Waals surface area contributed by atoms with E-state index in [0.717, 1.165) is 29.9 Å². The number of aromatic hydroxyl groups is 1. The molecule has 1 aromatic carbocycles. The summed E-state index contributed by atoms with van der Waals surface area (Å²) >= 11 is 0. The molecule has 0 radical (unpaired) electrons. The van der Waals surface area contributed by atoms with Crippen LogP contribution in [0.4, 0.5) is 0 Å². The van der Waals surface area contributed by atoms with E-state index in [9.17, 15) is 9.90 Å². The summed E-state index contributed by atoms with van der Waals surface area (Å²) in [4.78, 5) is 14.6. The molecule has 128 valence electrons. The average Bonchev–Trinajstić information content (AvgIpc) is 3.05. The molecule has 1 aliphatic rings. The van der Waals surface area contributed by atoms with E-state index in [4.69, 9.17) is 0 Å². The number of aryl methyl sites for hydroxylation is 1. The van der Waals surface area contributed by atoms with Crippen LogP contribution in [-0.2, 0) is 0 Å². The van der Waals surface area contributed by atoms with E-state index in [-0.39, 0.29) is 17.6 Å². The third-order valence-electron chi connectivity index (χ3n) is 4.80. The number of amides is 1. The monoisotopic (exact) mass is 336 g/mol. The van der Waals surface area contributed by atoms with E-state index in [1.807, 2.05) is 46.7 Å². The summed E-state index contributed by atoms with van der Waals surface area (Å²) in [5.41, 5.74) is 2.11. The number of aromatic nitrogens is 3. The Balaban J connectivity index is 1.59. The highest BCUT2D eigenvalue weighted by Crippen LogP contribution is 2.28. The Labute approximate surface area is 145 Å². The summed E-state index contributed by atoms with van der Waals surface area (Å²) in [7, 11) is 0. The normalized spacial score (nSPS) is 17.8. The van der Waals surface area contributed by atoms with E-state index in [2.05, 4.69) is 10.2 Å². The van der Waals surface area contributed by atoms with Crippen LogP contribution < -0.4 is 0 Å². The van der Waals surface area contributed by atoms with E-state index in [0.29, 0.717) is 18.7 Å². The molecule has 0 saturated carbocycles. The van der Waals surface area contributed by atoms with Crippen LogP contribution >= 0.6 is 0 Å². The van der Waals surface area contributed by atoms with Gasteiger partial charge in [0.25, 0.3) is 5.91 Å². The number of hydrogen-bond donors (Lipinski definition) is 1. The van der Waals surface area contributed by atoms with Crippen LogP contribution in [0.2, 0.25) is 0 Å². The fraction of sp³-hybridized carbons (Fsp3) is 0.316. The van der Waals surface area contributed by atoms with Gasteiger partial charge in [-0.05, 0) is 49.6 Å². The van der Waals surface area contributed by atoms with Gasteiger partial charge in [0.15, 0.2) is 5.65 Å². The third kappa shape index (κ3) is 2.84. The number of hydrogen-bond acceptors (Lipinski definition) is 4. The van der Waals surface area contributed by atoms with Crippen molar-refractivity contribution in [3.63, 3.8) is 0 Å². The Morgan fingerprint density at radius 1 is 1.24 bits per heavy atom. The Hall–Kier alpha value is -2.89. The molecular weight excluding hydrogens is 316 g/mol. The second kappa shape index (κ2) is 6.20. The van der Waals surface area contributed by atoms with Crippen molar-refractivity contribution in [2.24, 2.45) is 0 Å². The standard InChI is InChI=1S/C19H20N4O2/c1-13-7-8-15(16(24)11-13)19(25)22-9-4-5-14(12-22)18-21-20-17-6-2-3-10-23(17)18/h2-3,6-8,10-11,14,24H,4-5,9,12H2,1H3. The maximum atomic E-state index is 12.8. The van der Waals surface area contributed by atoms with E-state index >= 15 is 0 Å². The number of carbonyl (C=O) groups excluding carboxylic acids is 1.